The van der Waals surface area contributed by atoms with Crippen molar-refractivity contribution in [3.63, 3.8) is 0 Å². The Morgan fingerprint density at radius 3 is 2.71 bits per heavy atom. The summed E-state index contributed by atoms with van der Waals surface area (Å²) in [6.45, 7) is 4.50. The molecule has 0 aromatic carbocycles. The van der Waals surface area contributed by atoms with E-state index in [9.17, 15) is 13.5 Å². The summed E-state index contributed by atoms with van der Waals surface area (Å²) in [7, 11) is -1.45. The van der Waals surface area contributed by atoms with Crippen LogP contribution in [0.3, 0.4) is 0 Å². The van der Waals surface area contributed by atoms with Crippen molar-refractivity contribution in [1.82, 2.24) is 10.2 Å². The monoisotopic (exact) mass is 507 g/mol. The van der Waals surface area contributed by atoms with E-state index in [2.05, 4.69) is 10.3 Å². The van der Waals surface area contributed by atoms with Crippen LogP contribution >= 0.6 is 46.9 Å². The molecule has 0 radical (unpaired) electrons. The van der Waals surface area contributed by atoms with Crippen molar-refractivity contribution in [2.24, 2.45) is 4.99 Å². The first-order chi connectivity index (χ1) is 10.7. The van der Waals surface area contributed by atoms with E-state index >= 15 is 0 Å². The van der Waals surface area contributed by atoms with Crippen molar-refractivity contribution in [3.8, 4) is 0 Å². The molecule has 2 N–H and O–H groups in total. The highest BCUT2D eigenvalue weighted by molar-refractivity contribution is 14.0. The Morgan fingerprint density at radius 1 is 1.54 bits per heavy atom. The molecule has 1 fully saturated rings. The van der Waals surface area contributed by atoms with E-state index in [0.29, 0.717) is 23.4 Å². The molecule has 0 amide bonds. The molecule has 1 unspecified atom stereocenters. The number of halogens is 2. The minimum absolute atomic E-state index is 0. The molecule has 2 heterocycles. The predicted octanol–water partition coefficient (Wildman–Crippen LogP) is 2.14. The van der Waals surface area contributed by atoms with Crippen LogP contribution in [0.15, 0.2) is 17.1 Å². The Hall–Kier alpha value is -0.100. The zero-order valence-corrected chi connectivity index (χ0v) is 18.5. The smallest absolute Gasteiger partial charge is 0.193 e. The molecule has 1 atom stereocenters. The Morgan fingerprint density at radius 2 is 2.21 bits per heavy atom. The van der Waals surface area contributed by atoms with Gasteiger partial charge in [-0.05, 0) is 26.0 Å². The van der Waals surface area contributed by atoms with Crippen LogP contribution in [-0.2, 0) is 9.84 Å². The van der Waals surface area contributed by atoms with E-state index in [0.717, 1.165) is 4.88 Å². The van der Waals surface area contributed by atoms with Gasteiger partial charge in [0, 0.05) is 31.6 Å². The molecule has 24 heavy (non-hydrogen) atoms. The second-order valence-electron chi connectivity index (χ2n) is 6.09. The van der Waals surface area contributed by atoms with E-state index in [1.165, 1.54) is 11.3 Å². The Kier molecular flexibility index (Phi) is 7.79. The molecule has 138 valence electrons. The summed E-state index contributed by atoms with van der Waals surface area (Å²) in [6.07, 6.45) is -0.689. The average Bonchev–Trinajstić information content (AvgIpc) is 2.90. The molecule has 1 aromatic heterocycles. The third-order valence-electron chi connectivity index (χ3n) is 3.93. The summed E-state index contributed by atoms with van der Waals surface area (Å²) in [4.78, 5) is 6.89. The van der Waals surface area contributed by atoms with Crippen molar-refractivity contribution in [1.29, 1.82) is 0 Å². The molecule has 1 aromatic rings. The minimum atomic E-state index is -3.09. The zero-order valence-electron chi connectivity index (χ0n) is 13.8. The van der Waals surface area contributed by atoms with Gasteiger partial charge in [0.25, 0.3) is 0 Å². The second kappa shape index (κ2) is 8.52. The summed E-state index contributed by atoms with van der Waals surface area (Å²) < 4.78 is 24.0. The maximum absolute atomic E-state index is 12.1. The van der Waals surface area contributed by atoms with Gasteiger partial charge in [-0.1, -0.05) is 11.6 Å². The van der Waals surface area contributed by atoms with Crippen LogP contribution in [-0.4, -0.2) is 61.6 Å². The van der Waals surface area contributed by atoms with Gasteiger partial charge in [-0.2, -0.15) is 0 Å². The summed E-state index contributed by atoms with van der Waals surface area (Å²) in [5.74, 6) is 0.693. The molecule has 1 aliphatic heterocycles. The molecule has 6 nitrogen and oxygen atoms in total. The van der Waals surface area contributed by atoms with Gasteiger partial charge in [0.1, 0.15) is 6.10 Å². The van der Waals surface area contributed by atoms with Crippen LogP contribution in [0.1, 0.15) is 24.8 Å². The SMILES string of the molecule is CN=C(NCC(O)c1ccc(Cl)s1)N1CCS(=O)(=O)C(C)(C)C1.I. The largest absolute Gasteiger partial charge is 0.386 e. The number of nitrogens with zero attached hydrogens (tertiary/aromatic N) is 2. The predicted molar refractivity (Wildman–Crippen MR) is 111 cm³/mol. The van der Waals surface area contributed by atoms with E-state index in [-0.39, 0.29) is 36.3 Å². The Labute approximate surface area is 169 Å². The fourth-order valence-corrected chi connectivity index (χ4v) is 4.87. The molecule has 1 saturated heterocycles. The van der Waals surface area contributed by atoms with Crippen molar-refractivity contribution < 1.29 is 13.5 Å². The molecule has 0 saturated carbocycles. The number of aliphatic imine (C=N–C) groups is 1. The van der Waals surface area contributed by atoms with Crippen molar-refractivity contribution >= 4 is 62.7 Å². The minimum Gasteiger partial charge on any atom is -0.386 e. The van der Waals surface area contributed by atoms with Gasteiger partial charge >= 0.3 is 0 Å². The number of hydrogen-bond acceptors (Lipinski definition) is 5. The molecule has 2 rings (SSSR count). The van der Waals surface area contributed by atoms with Crippen LogP contribution in [0, 0.1) is 0 Å². The number of rotatable bonds is 3. The maximum atomic E-state index is 12.1. The van der Waals surface area contributed by atoms with E-state index < -0.39 is 20.7 Å². The summed E-state index contributed by atoms with van der Waals surface area (Å²) >= 11 is 7.21. The van der Waals surface area contributed by atoms with E-state index in [1.54, 1.807) is 33.0 Å². The van der Waals surface area contributed by atoms with Crippen molar-refractivity contribution in [3.05, 3.63) is 21.3 Å². The first kappa shape index (κ1) is 21.9. The lowest BCUT2D eigenvalue weighted by molar-refractivity contribution is 0.183. The molecular weight excluding hydrogens is 485 g/mol. The van der Waals surface area contributed by atoms with Crippen molar-refractivity contribution in [2.45, 2.75) is 24.7 Å². The molecule has 0 spiro atoms. The highest BCUT2D eigenvalue weighted by Crippen LogP contribution is 2.27. The van der Waals surface area contributed by atoms with Crippen molar-refractivity contribution in [2.75, 3.05) is 32.4 Å². The summed E-state index contributed by atoms with van der Waals surface area (Å²) in [5, 5.41) is 13.3. The van der Waals surface area contributed by atoms with Crippen LogP contribution in [0.2, 0.25) is 4.34 Å². The first-order valence-electron chi connectivity index (χ1n) is 7.27. The number of guanidine groups is 1. The highest BCUT2D eigenvalue weighted by atomic mass is 127. The Bertz CT molecular complexity index is 691. The fourth-order valence-electron chi connectivity index (χ4n) is 2.45. The quantitative estimate of drug-likeness (QED) is 0.372. The number of hydrogen-bond donors (Lipinski definition) is 2. The van der Waals surface area contributed by atoms with Crippen LogP contribution < -0.4 is 5.32 Å². The lowest BCUT2D eigenvalue weighted by atomic mass is 10.2. The van der Waals surface area contributed by atoms with Crippen LogP contribution in [0.25, 0.3) is 0 Å². The summed E-state index contributed by atoms with van der Waals surface area (Å²) in [6, 6.07) is 3.54. The third kappa shape index (κ3) is 4.96. The van der Waals surface area contributed by atoms with Crippen LogP contribution in [0.4, 0.5) is 0 Å². The number of thiophene rings is 1. The molecule has 0 aliphatic carbocycles. The number of aliphatic hydroxyl groups is 1. The second-order valence-corrected chi connectivity index (χ2v) is 10.6. The van der Waals surface area contributed by atoms with Gasteiger partial charge in [0.15, 0.2) is 15.8 Å². The summed E-state index contributed by atoms with van der Waals surface area (Å²) in [5.41, 5.74) is 0. The average molecular weight is 508 g/mol. The number of sulfone groups is 1. The van der Waals surface area contributed by atoms with Gasteiger partial charge in [-0.15, -0.1) is 35.3 Å². The normalized spacial score (nSPS) is 21.0. The third-order valence-corrected chi connectivity index (χ3v) is 7.80. The lowest BCUT2D eigenvalue weighted by Crippen LogP contribution is -2.57. The molecule has 1 aliphatic rings. The van der Waals surface area contributed by atoms with Gasteiger partial charge in [0.2, 0.25) is 0 Å². The lowest BCUT2D eigenvalue weighted by Gasteiger charge is -2.39. The number of aliphatic hydroxyl groups excluding tert-OH is 1. The fraction of sp³-hybridized carbons (Fsp3) is 0.643. The number of nitrogens with one attached hydrogen (secondary N) is 1. The maximum Gasteiger partial charge on any atom is 0.193 e. The molecule has 10 heteroatoms. The molecule has 0 bridgehead atoms. The first-order valence-corrected chi connectivity index (χ1v) is 10.1. The van der Waals surface area contributed by atoms with Gasteiger partial charge in [0.05, 0.1) is 14.8 Å². The van der Waals surface area contributed by atoms with E-state index in [4.69, 9.17) is 11.6 Å². The standard InChI is InChI=1S/C14H22ClN3O3S2.HI/c1-14(2)9-18(6-7-23(14,20)21)13(16-3)17-8-10(19)11-4-5-12(15)22-11;/h4-5,10,19H,6-9H2,1-3H3,(H,16,17);1H. The van der Waals surface area contributed by atoms with Gasteiger partial charge in [-0.25, -0.2) is 8.42 Å². The van der Waals surface area contributed by atoms with Gasteiger partial charge < -0.3 is 15.3 Å². The zero-order chi connectivity index (χ0) is 17.3. The highest BCUT2D eigenvalue weighted by Gasteiger charge is 2.41. The Balaban J connectivity index is 0.00000288. The topological polar surface area (TPSA) is 82.0 Å². The molecular formula is C14H23ClIN3O3S2. The van der Waals surface area contributed by atoms with Crippen LogP contribution in [0.5, 0.6) is 0 Å². The van der Waals surface area contributed by atoms with Gasteiger partial charge in [-0.3, -0.25) is 4.99 Å². The van der Waals surface area contributed by atoms with E-state index in [1.807, 2.05) is 4.90 Å².